The Morgan fingerprint density at radius 1 is 1.04 bits per heavy atom. The molecule has 1 heterocycles. The van der Waals surface area contributed by atoms with Gasteiger partial charge in [-0.3, -0.25) is 4.18 Å². The Kier molecular flexibility index (Phi) is 3.76. The maximum absolute atomic E-state index is 12.5. The van der Waals surface area contributed by atoms with Gasteiger partial charge in [0, 0.05) is 11.8 Å². The molecule has 0 amide bonds. The molecule has 1 aromatic carbocycles. The molecule has 2 bridgehead atoms. The molecule has 2 aliphatic carbocycles. The standard InChI is InChI=1S/C17H22O5S/c1-12-2-6-16(7-3-12)23(18,19)22-15-10-13-4-5-14(11-15)17(13)20-8-9-21-17/h2-3,6-7,13-15H,4-5,8-11H2,1H3/t13-,14+,15?. The van der Waals surface area contributed by atoms with E-state index < -0.39 is 15.9 Å². The first-order valence-corrected chi connectivity index (χ1v) is 9.68. The SMILES string of the molecule is Cc1ccc(S(=O)(=O)OC2C[C@H]3CC[C@@H](C2)C32OCCO2)cc1. The zero-order valence-electron chi connectivity index (χ0n) is 13.2. The van der Waals surface area contributed by atoms with Crippen LogP contribution in [0.25, 0.3) is 0 Å². The van der Waals surface area contributed by atoms with Crippen LogP contribution in [0.1, 0.15) is 31.2 Å². The molecular formula is C17H22O5S. The first kappa shape index (κ1) is 15.6. The second-order valence-electron chi connectivity index (χ2n) is 6.85. The van der Waals surface area contributed by atoms with Crippen molar-refractivity contribution in [3.63, 3.8) is 0 Å². The summed E-state index contributed by atoms with van der Waals surface area (Å²) < 4.78 is 42.3. The quantitative estimate of drug-likeness (QED) is 0.793. The molecule has 6 heteroatoms. The smallest absolute Gasteiger partial charge is 0.297 e. The van der Waals surface area contributed by atoms with Gasteiger partial charge in [0.2, 0.25) is 0 Å². The van der Waals surface area contributed by atoms with Crippen molar-refractivity contribution >= 4 is 10.1 Å². The van der Waals surface area contributed by atoms with Crippen LogP contribution in [-0.2, 0) is 23.8 Å². The van der Waals surface area contributed by atoms with E-state index in [9.17, 15) is 8.42 Å². The van der Waals surface area contributed by atoms with Crippen LogP contribution < -0.4 is 0 Å². The van der Waals surface area contributed by atoms with E-state index >= 15 is 0 Å². The lowest BCUT2D eigenvalue weighted by Gasteiger charge is -2.41. The Hall–Kier alpha value is -0.950. The Morgan fingerprint density at radius 2 is 1.61 bits per heavy atom. The predicted octanol–water partition coefficient (Wildman–Crippen LogP) is 2.63. The third-order valence-corrected chi connectivity index (χ3v) is 6.78. The lowest BCUT2D eigenvalue weighted by Crippen LogP contribution is -2.48. The van der Waals surface area contributed by atoms with Gasteiger partial charge in [0.1, 0.15) is 0 Å². The Bertz CT molecular complexity index is 659. The number of rotatable bonds is 3. The Balaban J connectivity index is 1.49. The normalized spacial score (nSPS) is 32.5. The highest BCUT2D eigenvalue weighted by atomic mass is 32.2. The molecule has 23 heavy (non-hydrogen) atoms. The average molecular weight is 338 g/mol. The maximum Gasteiger partial charge on any atom is 0.297 e. The van der Waals surface area contributed by atoms with Gasteiger partial charge in [0.15, 0.2) is 5.79 Å². The van der Waals surface area contributed by atoms with Crippen LogP contribution in [0.4, 0.5) is 0 Å². The molecule has 1 saturated heterocycles. The predicted molar refractivity (Wildman–Crippen MR) is 83.3 cm³/mol. The molecule has 1 aliphatic heterocycles. The van der Waals surface area contributed by atoms with Crippen LogP contribution in [0.2, 0.25) is 0 Å². The summed E-state index contributed by atoms with van der Waals surface area (Å²) >= 11 is 0. The van der Waals surface area contributed by atoms with Gasteiger partial charge in [-0.1, -0.05) is 17.7 Å². The van der Waals surface area contributed by atoms with Crippen LogP contribution in [-0.4, -0.2) is 33.5 Å². The molecule has 1 aromatic rings. The van der Waals surface area contributed by atoms with E-state index in [1.165, 1.54) is 0 Å². The van der Waals surface area contributed by atoms with Gasteiger partial charge in [-0.2, -0.15) is 8.42 Å². The Labute approximate surface area is 137 Å². The summed E-state index contributed by atoms with van der Waals surface area (Å²) in [5.41, 5.74) is 1.03. The van der Waals surface area contributed by atoms with E-state index in [4.69, 9.17) is 13.7 Å². The summed E-state index contributed by atoms with van der Waals surface area (Å²) in [6.07, 6.45) is 3.13. The van der Waals surface area contributed by atoms with E-state index in [1.807, 2.05) is 6.92 Å². The number of hydrogen-bond acceptors (Lipinski definition) is 5. The second-order valence-corrected chi connectivity index (χ2v) is 8.42. The summed E-state index contributed by atoms with van der Waals surface area (Å²) in [5.74, 6) is 0.0111. The molecule has 126 valence electrons. The zero-order chi connectivity index (χ0) is 16.1. The lowest BCUT2D eigenvalue weighted by molar-refractivity contribution is -0.231. The van der Waals surface area contributed by atoms with Gasteiger partial charge in [-0.15, -0.1) is 0 Å². The highest BCUT2D eigenvalue weighted by Crippen LogP contribution is 2.54. The fraction of sp³-hybridized carbons (Fsp3) is 0.647. The van der Waals surface area contributed by atoms with Crippen molar-refractivity contribution < 1.29 is 22.1 Å². The third kappa shape index (κ3) is 2.61. The molecule has 0 aromatic heterocycles. The zero-order valence-corrected chi connectivity index (χ0v) is 14.1. The molecule has 0 N–H and O–H groups in total. The van der Waals surface area contributed by atoms with Gasteiger partial charge in [-0.05, 0) is 44.7 Å². The highest BCUT2D eigenvalue weighted by Gasteiger charge is 2.58. The van der Waals surface area contributed by atoms with Gasteiger partial charge in [-0.25, -0.2) is 0 Å². The topological polar surface area (TPSA) is 61.8 Å². The molecule has 4 rings (SSSR count). The number of benzene rings is 1. The molecule has 0 radical (unpaired) electrons. The minimum Gasteiger partial charge on any atom is -0.347 e. The van der Waals surface area contributed by atoms with Crippen LogP contribution in [0.3, 0.4) is 0 Å². The summed E-state index contributed by atoms with van der Waals surface area (Å²) in [5, 5.41) is 0. The summed E-state index contributed by atoms with van der Waals surface area (Å²) in [6, 6.07) is 6.78. The minimum atomic E-state index is -3.71. The second kappa shape index (κ2) is 5.55. The molecule has 5 nitrogen and oxygen atoms in total. The van der Waals surface area contributed by atoms with Crippen molar-refractivity contribution in [3.05, 3.63) is 29.8 Å². The minimum absolute atomic E-state index is 0.226. The summed E-state index contributed by atoms with van der Waals surface area (Å²) in [7, 11) is -3.71. The monoisotopic (exact) mass is 338 g/mol. The van der Waals surface area contributed by atoms with E-state index in [0.29, 0.717) is 26.1 Å². The molecule has 1 spiro atoms. The molecular weight excluding hydrogens is 316 g/mol. The van der Waals surface area contributed by atoms with Gasteiger partial charge >= 0.3 is 0 Å². The van der Waals surface area contributed by atoms with Gasteiger partial charge in [0.05, 0.1) is 24.2 Å². The van der Waals surface area contributed by atoms with E-state index in [-0.39, 0.29) is 22.8 Å². The van der Waals surface area contributed by atoms with Crippen molar-refractivity contribution in [2.75, 3.05) is 13.2 Å². The summed E-state index contributed by atoms with van der Waals surface area (Å²) in [6.45, 7) is 3.21. The molecule has 1 unspecified atom stereocenters. The molecule has 3 aliphatic rings. The highest BCUT2D eigenvalue weighted by molar-refractivity contribution is 7.86. The van der Waals surface area contributed by atoms with Crippen molar-refractivity contribution in [1.29, 1.82) is 0 Å². The molecule has 3 atom stereocenters. The van der Waals surface area contributed by atoms with E-state index in [0.717, 1.165) is 18.4 Å². The summed E-state index contributed by atoms with van der Waals surface area (Å²) in [4.78, 5) is 0.226. The third-order valence-electron chi connectivity index (χ3n) is 5.41. The van der Waals surface area contributed by atoms with Crippen LogP contribution in [0.15, 0.2) is 29.2 Å². The molecule has 3 fully saturated rings. The molecule has 2 saturated carbocycles. The van der Waals surface area contributed by atoms with E-state index in [2.05, 4.69) is 0 Å². The first-order chi connectivity index (χ1) is 11.0. The largest absolute Gasteiger partial charge is 0.347 e. The fourth-order valence-corrected chi connectivity index (χ4v) is 5.46. The average Bonchev–Trinajstić information content (AvgIpc) is 3.04. The lowest BCUT2D eigenvalue weighted by atomic mass is 9.81. The number of aryl methyl sites for hydroxylation is 1. The van der Waals surface area contributed by atoms with Crippen molar-refractivity contribution in [2.24, 2.45) is 11.8 Å². The van der Waals surface area contributed by atoms with Crippen molar-refractivity contribution in [1.82, 2.24) is 0 Å². The van der Waals surface area contributed by atoms with Crippen LogP contribution in [0, 0.1) is 18.8 Å². The maximum atomic E-state index is 12.5. The Morgan fingerprint density at radius 3 is 2.17 bits per heavy atom. The first-order valence-electron chi connectivity index (χ1n) is 8.27. The van der Waals surface area contributed by atoms with Crippen molar-refractivity contribution in [3.8, 4) is 0 Å². The number of hydrogen-bond donors (Lipinski definition) is 0. The number of ether oxygens (including phenoxy) is 2. The fourth-order valence-electron chi connectivity index (χ4n) is 4.37. The van der Waals surface area contributed by atoms with E-state index in [1.54, 1.807) is 24.3 Å². The van der Waals surface area contributed by atoms with Gasteiger partial charge in [0.25, 0.3) is 10.1 Å². The van der Waals surface area contributed by atoms with Crippen LogP contribution >= 0.6 is 0 Å². The van der Waals surface area contributed by atoms with Crippen LogP contribution in [0.5, 0.6) is 0 Å². The van der Waals surface area contributed by atoms with Gasteiger partial charge < -0.3 is 9.47 Å². The van der Waals surface area contributed by atoms with Crippen molar-refractivity contribution in [2.45, 2.75) is 49.4 Å².